The number of hydrogen-bond donors (Lipinski definition) is 1. The zero-order valence-corrected chi connectivity index (χ0v) is 6.08. The van der Waals surface area contributed by atoms with E-state index >= 15 is 0 Å². The molecule has 56 valence electrons. The first-order valence-corrected chi connectivity index (χ1v) is 3.96. The first-order valence-electron chi connectivity index (χ1n) is 3.96. The number of rotatable bonds is 0. The van der Waals surface area contributed by atoms with Gasteiger partial charge in [-0.15, -0.1) is 0 Å². The third-order valence-electron chi connectivity index (χ3n) is 2.13. The average Bonchev–Trinajstić information content (AvgIpc) is 2.05. The quantitative estimate of drug-likeness (QED) is 0.513. The summed E-state index contributed by atoms with van der Waals surface area (Å²) < 4.78 is 0. The maximum atomic E-state index is 4.22. The molecule has 1 fully saturated rings. The summed E-state index contributed by atoms with van der Waals surface area (Å²) in [5, 5.41) is 3.46. The molecule has 2 aliphatic heterocycles. The van der Waals surface area contributed by atoms with E-state index in [9.17, 15) is 0 Å². The normalized spacial score (nSPS) is 32.0. The largest absolute Gasteiger partial charge is 0.347 e. The Morgan fingerprint density at radius 3 is 3.50 bits per heavy atom. The Bertz CT molecular complexity index is 144. The fourth-order valence-corrected chi connectivity index (χ4v) is 1.57. The van der Waals surface area contributed by atoms with Gasteiger partial charge in [-0.25, -0.2) is 0 Å². The Balaban J connectivity index is 2.03. The van der Waals surface area contributed by atoms with Crippen LogP contribution in [-0.4, -0.2) is 37.0 Å². The highest BCUT2D eigenvalue weighted by atomic mass is 15.3. The highest BCUT2D eigenvalue weighted by molar-refractivity contribution is 5.56. The maximum Gasteiger partial charge on any atom is 0.0862 e. The fraction of sp³-hybridized carbons (Fsp3) is 0.857. The van der Waals surface area contributed by atoms with Gasteiger partial charge in [0.25, 0.3) is 0 Å². The van der Waals surface area contributed by atoms with Crippen molar-refractivity contribution in [2.45, 2.75) is 19.0 Å². The molecule has 1 atom stereocenters. The van der Waals surface area contributed by atoms with Crippen LogP contribution in [0, 0.1) is 0 Å². The highest BCUT2D eigenvalue weighted by Gasteiger charge is 2.20. The summed E-state index contributed by atoms with van der Waals surface area (Å²) >= 11 is 0. The van der Waals surface area contributed by atoms with Crippen molar-refractivity contribution >= 4 is 6.34 Å². The van der Waals surface area contributed by atoms with Crippen molar-refractivity contribution in [1.82, 2.24) is 10.2 Å². The van der Waals surface area contributed by atoms with Gasteiger partial charge in [-0.2, -0.15) is 0 Å². The van der Waals surface area contributed by atoms with Gasteiger partial charge in [0.1, 0.15) is 0 Å². The molecular formula is C7H13N3. The zero-order valence-electron chi connectivity index (χ0n) is 6.08. The molecule has 2 heterocycles. The number of nitrogens with one attached hydrogen (secondary N) is 1. The van der Waals surface area contributed by atoms with E-state index in [-0.39, 0.29) is 0 Å². The van der Waals surface area contributed by atoms with Crippen LogP contribution in [0.25, 0.3) is 0 Å². The standard InChI is InChI=1S/C7H13N3/c1-3-9-7-2-4-8-6-10(7)5-1/h6-7,9H,1-5H2. The fourth-order valence-electron chi connectivity index (χ4n) is 1.57. The van der Waals surface area contributed by atoms with Crippen LogP contribution in [0.4, 0.5) is 0 Å². The summed E-state index contributed by atoms with van der Waals surface area (Å²) in [6, 6.07) is 0. The molecule has 0 aliphatic carbocycles. The van der Waals surface area contributed by atoms with Gasteiger partial charge in [-0.3, -0.25) is 10.3 Å². The van der Waals surface area contributed by atoms with Crippen LogP contribution in [0.5, 0.6) is 0 Å². The molecule has 0 spiro atoms. The molecule has 0 amide bonds. The Labute approximate surface area is 61.1 Å². The van der Waals surface area contributed by atoms with E-state index in [2.05, 4.69) is 15.2 Å². The predicted molar refractivity (Wildman–Crippen MR) is 41.1 cm³/mol. The van der Waals surface area contributed by atoms with Crippen LogP contribution >= 0.6 is 0 Å². The Kier molecular flexibility index (Phi) is 1.59. The summed E-state index contributed by atoms with van der Waals surface area (Å²) in [7, 11) is 0. The molecule has 2 rings (SSSR count). The molecule has 10 heavy (non-hydrogen) atoms. The molecule has 3 heteroatoms. The van der Waals surface area contributed by atoms with Crippen molar-refractivity contribution in [3.8, 4) is 0 Å². The molecule has 1 N–H and O–H groups in total. The lowest BCUT2D eigenvalue weighted by atomic mass is 10.2. The second-order valence-electron chi connectivity index (χ2n) is 2.87. The smallest absolute Gasteiger partial charge is 0.0862 e. The molecule has 0 radical (unpaired) electrons. The van der Waals surface area contributed by atoms with Gasteiger partial charge in [0, 0.05) is 19.5 Å². The van der Waals surface area contributed by atoms with E-state index in [1.807, 2.05) is 6.34 Å². The Morgan fingerprint density at radius 1 is 1.60 bits per heavy atom. The molecule has 0 aromatic rings. The van der Waals surface area contributed by atoms with E-state index < -0.39 is 0 Å². The summed E-state index contributed by atoms with van der Waals surface area (Å²) in [6.45, 7) is 3.35. The lowest BCUT2D eigenvalue weighted by molar-refractivity contribution is 0.206. The van der Waals surface area contributed by atoms with Crippen molar-refractivity contribution in [3.05, 3.63) is 0 Å². The van der Waals surface area contributed by atoms with E-state index in [1.54, 1.807) is 0 Å². The molecule has 0 aromatic heterocycles. The molecule has 0 saturated carbocycles. The zero-order chi connectivity index (χ0) is 6.81. The minimum atomic E-state index is 0.589. The van der Waals surface area contributed by atoms with Gasteiger partial charge >= 0.3 is 0 Å². The first kappa shape index (κ1) is 6.16. The number of aliphatic imine (C=N–C) groups is 1. The third kappa shape index (κ3) is 1.01. The van der Waals surface area contributed by atoms with Gasteiger partial charge in [-0.05, 0) is 13.0 Å². The summed E-state index contributed by atoms with van der Waals surface area (Å²) in [5.74, 6) is 0. The summed E-state index contributed by atoms with van der Waals surface area (Å²) in [5.41, 5.74) is 0. The molecule has 3 nitrogen and oxygen atoms in total. The molecule has 2 aliphatic rings. The molecule has 0 bridgehead atoms. The van der Waals surface area contributed by atoms with Crippen LogP contribution in [0.15, 0.2) is 4.99 Å². The van der Waals surface area contributed by atoms with Crippen molar-refractivity contribution in [3.63, 3.8) is 0 Å². The van der Waals surface area contributed by atoms with Crippen molar-refractivity contribution < 1.29 is 0 Å². The average molecular weight is 139 g/mol. The topological polar surface area (TPSA) is 27.6 Å². The number of fused-ring (bicyclic) bond motifs is 1. The van der Waals surface area contributed by atoms with E-state index in [1.165, 1.54) is 25.9 Å². The van der Waals surface area contributed by atoms with Crippen LogP contribution in [0.1, 0.15) is 12.8 Å². The maximum absolute atomic E-state index is 4.22. The molecule has 0 aromatic carbocycles. The Morgan fingerprint density at radius 2 is 2.60 bits per heavy atom. The van der Waals surface area contributed by atoms with Gasteiger partial charge < -0.3 is 4.90 Å². The van der Waals surface area contributed by atoms with Crippen molar-refractivity contribution in [1.29, 1.82) is 0 Å². The number of nitrogens with zero attached hydrogens (tertiary/aromatic N) is 2. The Hall–Kier alpha value is -0.570. The van der Waals surface area contributed by atoms with Gasteiger partial charge in [-0.1, -0.05) is 0 Å². The van der Waals surface area contributed by atoms with Crippen LogP contribution in [0.3, 0.4) is 0 Å². The molecular weight excluding hydrogens is 126 g/mol. The van der Waals surface area contributed by atoms with Gasteiger partial charge in [0.15, 0.2) is 0 Å². The van der Waals surface area contributed by atoms with Gasteiger partial charge in [0.05, 0.1) is 12.5 Å². The second-order valence-corrected chi connectivity index (χ2v) is 2.87. The van der Waals surface area contributed by atoms with Gasteiger partial charge in [0.2, 0.25) is 0 Å². The van der Waals surface area contributed by atoms with Crippen LogP contribution < -0.4 is 5.32 Å². The molecule has 1 saturated heterocycles. The van der Waals surface area contributed by atoms with E-state index in [4.69, 9.17) is 0 Å². The lowest BCUT2D eigenvalue weighted by Gasteiger charge is -2.37. The SMILES string of the molecule is C1=NCCC2NCCCN12. The lowest BCUT2D eigenvalue weighted by Crippen LogP contribution is -2.52. The summed E-state index contributed by atoms with van der Waals surface area (Å²) in [6.07, 6.45) is 5.01. The van der Waals surface area contributed by atoms with Crippen LogP contribution in [-0.2, 0) is 0 Å². The predicted octanol–water partition coefficient (Wildman–Crippen LogP) is 0.0398. The minimum Gasteiger partial charge on any atom is -0.347 e. The van der Waals surface area contributed by atoms with Crippen LogP contribution in [0.2, 0.25) is 0 Å². The monoisotopic (exact) mass is 139 g/mol. The van der Waals surface area contributed by atoms with Crippen molar-refractivity contribution in [2.75, 3.05) is 19.6 Å². The third-order valence-corrected chi connectivity index (χ3v) is 2.13. The van der Waals surface area contributed by atoms with E-state index in [0.29, 0.717) is 6.17 Å². The first-order chi connectivity index (χ1) is 4.97. The summed E-state index contributed by atoms with van der Waals surface area (Å²) in [4.78, 5) is 6.52. The second kappa shape index (κ2) is 2.58. The molecule has 1 unspecified atom stereocenters. The minimum absolute atomic E-state index is 0.589. The van der Waals surface area contributed by atoms with Crippen molar-refractivity contribution in [2.24, 2.45) is 4.99 Å². The van der Waals surface area contributed by atoms with E-state index in [0.717, 1.165) is 6.54 Å². The highest BCUT2D eigenvalue weighted by Crippen LogP contribution is 2.08. The number of hydrogen-bond acceptors (Lipinski definition) is 3.